The van der Waals surface area contributed by atoms with Crippen LogP contribution in [0.2, 0.25) is 6.82 Å². The van der Waals surface area contributed by atoms with Gasteiger partial charge in [-0.3, -0.25) is 0 Å². The first-order valence-corrected chi connectivity index (χ1v) is 3.57. The van der Waals surface area contributed by atoms with Crippen LogP contribution in [0.4, 0.5) is 0 Å². The minimum atomic E-state index is 1.11. The summed E-state index contributed by atoms with van der Waals surface area (Å²) in [5.41, 5.74) is 1.48. The average molecular weight is 122 g/mol. The molecule has 0 N–H and O–H groups in total. The maximum Gasteiger partial charge on any atom is 0.148 e. The van der Waals surface area contributed by atoms with Crippen molar-refractivity contribution in [2.75, 3.05) is 0 Å². The average Bonchev–Trinajstić information content (AvgIpc) is 1.89. The van der Waals surface area contributed by atoms with E-state index in [1.165, 1.54) is 12.8 Å². The third-order valence-electron chi connectivity index (χ3n) is 1.42. The van der Waals surface area contributed by atoms with Crippen molar-refractivity contribution in [1.82, 2.24) is 0 Å². The first-order valence-electron chi connectivity index (χ1n) is 3.57. The summed E-state index contributed by atoms with van der Waals surface area (Å²) in [5.74, 6) is 0. The van der Waals surface area contributed by atoms with E-state index in [4.69, 9.17) is 0 Å². The smallest absolute Gasteiger partial charge is 0.113 e. The number of rotatable bonds is 4. The molecule has 0 bridgehead atoms. The molecular weight excluding hydrogens is 107 g/mol. The predicted octanol–water partition coefficient (Wildman–Crippen LogP) is 2.34. The molecular formula is C8H15B. The standard InChI is InChI=1S/C8H15B/c1-4-5-6-7-8(2)9-3/h4,7,9H,1,5-6H2,2-3H3/b8-7+. The molecule has 0 saturated carbocycles. The van der Waals surface area contributed by atoms with Gasteiger partial charge in [-0.05, 0) is 12.8 Å². The summed E-state index contributed by atoms with van der Waals surface area (Å²) in [6.07, 6.45) is 6.50. The maximum atomic E-state index is 3.65. The van der Waals surface area contributed by atoms with E-state index in [-0.39, 0.29) is 0 Å². The highest BCUT2D eigenvalue weighted by atomic mass is 13.8. The molecule has 0 atom stereocenters. The van der Waals surface area contributed by atoms with E-state index in [1.807, 2.05) is 6.08 Å². The fourth-order valence-corrected chi connectivity index (χ4v) is 0.592. The summed E-state index contributed by atoms with van der Waals surface area (Å²) in [5, 5.41) is 0. The highest BCUT2D eigenvalue weighted by Crippen LogP contribution is 1.96. The zero-order chi connectivity index (χ0) is 7.11. The van der Waals surface area contributed by atoms with Gasteiger partial charge >= 0.3 is 0 Å². The third kappa shape index (κ3) is 5.42. The van der Waals surface area contributed by atoms with Gasteiger partial charge in [0.25, 0.3) is 0 Å². The van der Waals surface area contributed by atoms with Gasteiger partial charge in [0, 0.05) is 0 Å². The summed E-state index contributed by atoms with van der Waals surface area (Å²) in [7, 11) is 1.18. The van der Waals surface area contributed by atoms with Crippen molar-refractivity contribution in [1.29, 1.82) is 0 Å². The molecule has 0 aromatic rings. The van der Waals surface area contributed by atoms with E-state index in [2.05, 4.69) is 26.4 Å². The molecule has 0 rings (SSSR count). The van der Waals surface area contributed by atoms with Crippen LogP contribution in [-0.4, -0.2) is 7.28 Å². The lowest BCUT2D eigenvalue weighted by molar-refractivity contribution is 1.05. The molecule has 0 spiro atoms. The molecule has 0 radical (unpaired) electrons. The number of unbranched alkanes of at least 4 members (excludes halogenated alkanes) is 1. The summed E-state index contributed by atoms with van der Waals surface area (Å²) >= 11 is 0. The molecule has 0 aliphatic heterocycles. The number of allylic oxidation sites excluding steroid dienone is 3. The maximum absolute atomic E-state index is 3.65. The first kappa shape index (κ1) is 8.54. The third-order valence-corrected chi connectivity index (χ3v) is 1.42. The zero-order valence-electron chi connectivity index (χ0n) is 6.48. The molecule has 0 saturated heterocycles. The molecule has 0 aromatic heterocycles. The fourth-order valence-electron chi connectivity index (χ4n) is 0.592. The van der Waals surface area contributed by atoms with E-state index in [1.54, 1.807) is 0 Å². The Hall–Kier alpha value is -0.455. The van der Waals surface area contributed by atoms with E-state index >= 15 is 0 Å². The Kier molecular flexibility index (Phi) is 5.39. The van der Waals surface area contributed by atoms with Crippen LogP contribution in [-0.2, 0) is 0 Å². The minimum absolute atomic E-state index is 1.11. The first-order chi connectivity index (χ1) is 4.31. The second kappa shape index (κ2) is 5.68. The van der Waals surface area contributed by atoms with Crippen molar-refractivity contribution < 1.29 is 0 Å². The second-order valence-corrected chi connectivity index (χ2v) is 2.27. The van der Waals surface area contributed by atoms with Gasteiger partial charge < -0.3 is 0 Å². The van der Waals surface area contributed by atoms with Crippen LogP contribution in [0.3, 0.4) is 0 Å². The van der Waals surface area contributed by atoms with E-state index < -0.39 is 0 Å². The molecule has 0 heterocycles. The molecule has 50 valence electrons. The SMILES string of the molecule is C=CCC/C=C(\C)BC. The lowest BCUT2D eigenvalue weighted by Crippen LogP contribution is -1.82. The van der Waals surface area contributed by atoms with Gasteiger partial charge in [0.15, 0.2) is 0 Å². The van der Waals surface area contributed by atoms with Gasteiger partial charge in [0.1, 0.15) is 7.28 Å². The molecule has 0 aliphatic rings. The highest BCUT2D eigenvalue weighted by Gasteiger charge is 1.82. The molecule has 0 fully saturated rings. The Morgan fingerprint density at radius 3 is 2.67 bits per heavy atom. The van der Waals surface area contributed by atoms with Gasteiger partial charge in [-0.2, -0.15) is 0 Å². The van der Waals surface area contributed by atoms with Gasteiger partial charge in [0.2, 0.25) is 0 Å². The predicted molar refractivity (Wildman–Crippen MR) is 46.2 cm³/mol. The van der Waals surface area contributed by atoms with Crippen LogP contribution >= 0.6 is 0 Å². The summed E-state index contributed by atoms with van der Waals surface area (Å²) in [4.78, 5) is 0. The largest absolute Gasteiger partial charge is 0.148 e. The quantitative estimate of drug-likeness (QED) is 0.305. The van der Waals surface area contributed by atoms with Crippen molar-refractivity contribution in [3.63, 3.8) is 0 Å². The van der Waals surface area contributed by atoms with Gasteiger partial charge in [-0.1, -0.05) is 25.9 Å². The van der Waals surface area contributed by atoms with E-state index in [9.17, 15) is 0 Å². The van der Waals surface area contributed by atoms with Crippen molar-refractivity contribution in [3.8, 4) is 0 Å². The van der Waals surface area contributed by atoms with Gasteiger partial charge in [-0.15, -0.1) is 12.1 Å². The Labute approximate surface area is 58.9 Å². The summed E-state index contributed by atoms with van der Waals surface area (Å²) in [6.45, 7) is 8.00. The normalized spacial score (nSPS) is 11.1. The van der Waals surface area contributed by atoms with E-state index in [0.717, 1.165) is 12.8 Å². The second-order valence-electron chi connectivity index (χ2n) is 2.27. The Bertz CT molecular complexity index is 103. The van der Waals surface area contributed by atoms with Crippen LogP contribution in [0.25, 0.3) is 0 Å². The topological polar surface area (TPSA) is 0 Å². The molecule has 9 heavy (non-hydrogen) atoms. The van der Waals surface area contributed by atoms with Crippen molar-refractivity contribution in [2.45, 2.75) is 26.6 Å². The minimum Gasteiger partial charge on any atom is -0.113 e. The zero-order valence-corrected chi connectivity index (χ0v) is 6.48. The van der Waals surface area contributed by atoms with Crippen LogP contribution in [0, 0.1) is 0 Å². The van der Waals surface area contributed by atoms with Gasteiger partial charge in [0.05, 0.1) is 0 Å². The molecule has 0 amide bonds. The molecule has 1 heteroatoms. The Balaban J connectivity index is 3.31. The van der Waals surface area contributed by atoms with Gasteiger partial charge in [-0.25, -0.2) is 0 Å². The van der Waals surface area contributed by atoms with Crippen LogP contribution in [0.1, 0.15) is 19.8 Å². The van der Waals surface area contributed by atoms with Crippen molar-refractivity contribution in [2.24, 2.45) is 0 Å². The van der Waals surface area contributed by atoms with Crippen molar-refractivity contribution in [3.05, 3.63) is 24.2 Å². The molecule has 0 aromatic carbocycles. The van der Waals surface area contributed by atoms with E-state index in [0.29, 0.717) is 0 Å². The Morgan fingerprint density at radius 1 is 1.56 bits per heavy atom. The fraction of sp³-hybridized carbons (Fsp3) is 0.500. The number of hydrogen-bond donors (Lipinski definition) is 0. The molecule has 0 unspecified atom stereocenters. The monoisotopic (exact) mass is 122 g/mol. The van der Waals surface area contributed by atoms with Crippen LogP contribution < -0.4 is 0 Å². The lowest BCUT2D eigenvalue weighted by Gasteiger charge is -1.90. The van der Waals surface area contributed by atoms with Crippen LogP contribution in [0.5, 0.6) is 0 Å². The molecule has 0 nitrogen and oxygen atoms in total. The lowest BCUT2D eigenvalue weighted by atomic mass is 9.73. The molecule has 0 aliphatic carbocycles. The number of hydrogen-bond acceptors (Lipinski definition) is 0. The Morgan fingerprint density at radius 2 is 2.22 bits per heavy atom. The summed E-state index contributed by atoms with van der Waals surface area (Å²) in [6, 6.07) is 0. The van der Waals surface area contributed by atoms with Crippen LogP contribution in [0.15, 0.2) is 24.2 Å². The highest BCUT2D eigenvalue weighted by molar-refractivity contribution is 6.43. The van der Waals surface area contributed by atoms with Crippen molar-refractivity contribution >= 4 is 7.28 Å². The summed E-state index contributed by atoms with van der Waals surface area (Å²) < 4.78 is 0.